The second kappa shape index (κ2) is 9.53. The summed E-state index contributed by atoms with van der Waals surface area (Å²) < 4.78 is 0. The molecule has 1 amide bonds. The van der Waals surface area contributed by atoms with Crippen LogP contribution in [0.2, 0.25) is 0 Å². The standard InChI is InChI=1S/C25H28N4O/c1-19(12-13-20-8-3-2-4-9-20)28-24(30)22-11-7-10-21(16-22)23-17-26-25(27-18-23)29-14-5-6-15-29/h2-4,7-11,16-19H,5-6,12-15H2,1H3,(H,28,30)/t19-/m0/s1. The first-order valence-electron chi connectivity index (χ1n) is 10.7. The molecule has 0 saturated carbocycles. The van der Waals surface area contributed by atoms with Gasteiger partial charge in [0.15, 0.2) is 0 Å². The van der Waals surface area contributed by atoms with Crippen LogP contribution in [0.25, 0.3) is 11.1 Å². The fraction of sp³-hybridized carbons (Fsp3) is 0.320. The summed E-state index contributed by atoms with van der Waals surface area (Å²) in [5, 5.41) is 3.11. The number of hydrogen-bond donors (Lipinski definition) is 1. The van der Waals surface area contributed by atoms with Crippen molar-refractivity contribution in [1.82, 2.24) is 15.3 Å². The number of carbonyl (C=O) groups excluding carboxylic acids is 1. The van der Waals surface area contributed by atoms with Crippen LogP contribution in [0.4, 0.5) is 5.95 Å². The van der Waals surface area contributed by atoms with E-state index >= 15 is 0 Å². The van der Waals surface area contributed by atoms with Crippen LogP contribution in [0.1, 0.15) is 42.1 Å². The number of aromatic nitrogens is 2. The van der Waals surface area contributed by atoms with Gasteiger partial charge in [0, 0.05) is 42.7 Å². The summed E-state index contributed by atoms with van der Waals surface area (Å²) >= 11 is 0. The van der Waals surface area contributed by atoms with E-state index in [-0.39, 0.29) is 11.9 Å². The highest BCUT2D eigenvalue weighted by atomic mass is 16.1. The van der Waals surface area contributed by atoms with Gasteiger partial charge in [0.25, 0.3) is 5.91 Å². The van der Waals surface area contributed by atoms with Crippen LogP contribution in [0.3, 0.4) is 0 Å². The van der Waals surface area contributed by atoms with Crippen molar-refractivity contribution in [3.8, 4) is 11.1 Å². The van der Waals surface area contributed by atoms with Crippen molar-refractivity contribution < 1.29 is 4.79 Å². The van der Waals surface area contributed by atoms with E-state index in [9.17, 15) is 4.79 Å². The molecule has 1 aliphatic heterocycles. The Morgan fingerprint density at radius 3 is 2.47 bits per heavy atom. The lowest BCUT2D eigenvalue weighted by molar-refractivity contribution is 0.0938. The van der Waals surface area contributed by atoms with Crippen molar-refractivity contribution in [3.63, 3.8) is 0 Å². The summed E-state index contributed by atoms with van der Waals surface area (Å²) in [7, 11) is 0. The van der Waals surface area contributed by atoms with Crippen LogP contribution in [0, 0.1) is 0 Å². The average molecular weight is 401 g/mol. The molecule has 0 spiro atoms. The Kier molecular flexibility index (Phi) is 6.38. The van der Waals surface area contributed by atoms with Gasteiger partial charge in [0.05, 0.1) is 0 Å². The van der Waals surface area contributed by atoms with E-state index in [2.05, 4.69) is 39.2 Å². The molecule has 0 unspecified atom stereocenters. The first kappa shape index (κ1) is 20.1. The summed E-state index contributed by atoms with van der Waals surface area (Å²) in [5.41, 5.74) is 3.82. The molecule has 0 bridgehead atoms. The van der Waals surface area contributed by atoms with Gasteiger partial charge in [-0.05, 0) is 55.9 Å². The minimum Gasteiger partial charge on any atom is -0.350 e. The molecular weight excluding hydrogens is 372 g/mol. The van der Waals surface area contributed by atoms with E-state index in [0.717, 1.165) is 43.0 Å². The van der Waals surface area contributed by atoms with E-state index in [1.165, 1.54) is 18.4 Å². The number of benzene rings is 2. The monoisotopic (exact) mass is 400 g/mol. The maximum atomic E-state index is 12.7. The number of amides is 1. The van der Waals surface area contributed by atoms with Crippen molar-refractivity contribution in [2.45, 2.75) is 38.6 Å². The van der Waals surface area contributed by atoms with Gasteiger partial charge in [-0.15, -0.1) is 0 Å². The highest BCUT2D eigenvalue weighted by molar-refractivity contribution is 5.95. The zero-order valence-corrected chi connectivity index (χ0v) is 17.4. The number of anilines is 1. The third-order valence-electron chi connectivity index (χ3n) is 5.57. The van der Waals surface area contributed by atoms with Gasteiger partial charge in [-0.25, -0.2) is 9.97 Å². The lowest BCUT2D eigenvalue weighted by atomic mass is 10.0. The van der Waals surface area contributed by atoms with Crippen LogP contribution in [0.5, 0.6) is 0 Å². The van der Waals surface area contributed by atoms with Gasteiger partial charge in [-0.2, -0.15) is 0 Å². The Labute approximate surface area is 178 Å². The molecule has 1 atom stereocenters. The van der Waals surface area contributed by atoms with Gasteiger partial charge >= 0.3 is 0 Å². The highest BCUT2D eigenvalue weighted by Crippen LogP contribution is 2.22. The number of hydrogen-bond acceptors (Lipinski definition) is 4. The van der Waals surface area contributed by atoms with Gasteiger partial charge in [-0.1, -0.05) is 42.5 Å². The molecule has 1 aliphatic rings. The molecule has 154 valence electrons. The van der Waals surface area contributed by atoms with Gasteiger partial charge in [-0.3, -0.25) is 4.79 Å². The van der Waals surface area contributed by atoms with Crippen LogP contribution in [-0.4, -0.2) is 35.0 Å². The maximum Gasteiger partial charge on any atom is 0.251 e. The van der Waals surface area contributed by atoms with Crippen molar-refractivity contribution >= 4 is 11.9 Å². The Hall–Kier alpha value is -3.21. The molecule has 2 aromatic carbocycles. The molecule has 1 fully saturated rings. The summed E-state index contributed by atoms with van der Waals surface area (Å²) in [4.78, 5) is 24.0. The first-order valence-corrected chi connectivity index (χ1v) is 10.7. The fourth-order valence-corrected chi connectivity index (χ4v) is 3.80. The molecule has 5 nitrogen and oxygen atoms in total. The molecule has 2 heterocycles. The lowest BCUT2D eigenvalue weighted by Gasteiger charge is -2.15. The van der Waals surface area contributed by atoms with Crippen LogP contribution < -0.4 is 10.2 Å². The van der Waals surface area contributed by atoms with E-state index < -0.39 is 0 Å². The number of carbonyl (C=O) groups is 1. The number of nitrogens with one attached hydrogen (secondary N) is 1. The predicted octanol–water partition coefficient (Wildman–Crippen LogP) is 4.49. The molecule has 1 N–H and O–H groups in total. The number of rotatable bonds is 7. The molecule has 5 heteroatoms. The molecule has 30 heavy (non-hydrogen) atoms. The van der Waals surface area contributed by atoms with E-state index in [1.54, 1.807) is 0 Å². The van der Waals surface area contributed by atoms with E-state index in [1.807, 2.05) is 54.9 Å². The SMILES string of the molecule is C[C@@H](CCc1ccccc1)NC(=O)c1cccc(-c2cnc(N3CCCC3)nc2)c1. The molecule has 4 rings (SSSR count). The summed E-state index contributed by atoms with van der Waals surface area (Å²) in [5.74, 6) is 0.740. The molecular formula is C25H28N4O. The number of nitrogens with zero attached hydrogens (tertiary/aromatic N) is 3. The molecule has 1 saturated heterocycles. The Balaban J connectivity index is 1.38. The van der Waals surface area contributed by atoms with Gasteiger partial charge in [0.2, 0.25) is 5.95 Å². The van der Waals surface area contributed by atoms with Crippen molar-refractivity contribution in [2.24, 2.45) is 0 Å². The molecule has 0 aliphatic carbocycles. The Bertz CT molecular complexity index is 966. The zero-order chi connectivity index (χ0) is 20.8. The third kappa shape index (κ3) is 5.03. The molecule has 0 radical (unpaired) electrons. The maximum absolute atomic E-state index is 12.7. The highest BCUT2D eigenvalue weighted by Gasteiger charge is 2.15. The Morgan fingerprint density at radius 2 is 1.73 bits per heavy atom. The van der Waals surface area contributed by atoms with Crippen LogP contribution in [0.15, 0.2) is 67.0 Å². The van der Waals surface area contributed by atoms with Gasteiger partial charge in [0.1, 0.15) is 0 Å². The lowest BCUT2D eigenvalue weighted by Crippen LogP contribution is -2.32. The predicted molar refractivity (Wildman–Crippen MR) is 121 cm³/mol. The van der Waals surface area contributed by atoms with Gasteiger partial charge < -0.3 is 10.2 Å². The van der Waals surface area contributed by atoms with E-state index in [0.29, 0.717) is 5.56 Å². The quantitative estimate of drug-likeness (QED) is 0.635. The smallest absolute Gasteiger partial charge is 0.251 e. The van der Waals surface area contributed by atoms with Crippen molar-refractivity contribution in [2.75, 3.05) is 18.0 Å². The van der Waals surface area contributed by atoms with Crippen LogP contribution >= 0.6 is 0 Å². The molecule has 3 aromatic rings. The first-order chi connectivity index (χ1) is 14.7. The molecule has 1 aromatic heterocycles. The largest absolute Gasteiger partial charge is 0.350 e. The zero-order valence-electron chi connectivity index (χ0n) is 17.4. The normalized spacial score (nSPS) is 14.5. The summed E-state index contributed by atoms with van der Waals surface area (Å²) in [6, 6.07) is 18.1. The average Bonchev–Trinajstić information content (AvgIpc) is 3.34. The Morgan fingerprint density at radius 1 is 1.00 bits per heavy atom. The summed E-state index contributed by atoms with van der Waals surface area (Å²) in [6.07, 6.45) is 7.95. The second-order valence-electron chi connectivity index (χ2n) is 7.95. The minimum absolute atomic E-state index is 0.0491. The second-order valence-corrected chi connectivity index (χ2v) is 7.95. The summed E-state index contributed by atoms with van der Waals surface area (Å²) in [6.45, 7) is 4.10. The van der Waals surface area contributed by atoms with E-state index in [4.69, 9.17) is 0 Å². The van der Waals surface area contributed by atoms with Crippen molar-refractivity contribution in [3.05, 3.63) is 78.1 Å². The number of aryl methyl sites for hydroxylation is 1. The van der Waals surface area contributed by atoms with Crippen molar-refractivity contribution in [1.29, 1.82) is 0 Å². The minimum atomic E-state index is -0.0491. The van der Waals surface area contributed by atoms with Crippen LogP contribution in [-0.2, 0) is 6.42 Å². The fourth-order valence-electron chi connectivity index (χ4n) is 3.80. The third-order valence-corrected chi connectivity index (χ3v) is 5.57. The topological polar surface area (TPSA) is 58.1 Å².